The van der Waals surface area contributed by atoms with E-state index in [4.69, 9.17) is 16.3 Å². The van der Waals surface area contributed by atoms with Crippen molar-refractivity contribution in [3.05, 3.63) is 58.6 Å². The second-order valence-corrected chi connectivity index (χ2v) is 5.94. The van der Waals surface area contributed by atoms with Crippen LogP contribution in [0.2, 0.25) is 5.02 Å². The number of carbonyl (C=O) groups excluding carboxylic acids is 1. The Hall–Kier alpha value is -2.00. The van der Waals surface area contributed by atoms with Gasteiger partial charge in [0.25, 0.3) is 0 Å². The summed E-state index contributed by atoms with van der Waals surface area (Å²) in [5.41, 5.74) is 3.06. The summed E-state index contributed by atoms with van der Waals surface area (Å²) in [5.74, 6) is 0.604. The van der Waals surface area contributed by atoms with Crippen LogP contribution >= 0.6 is 11.6 Å². The average molecular weight is 316 g/mol. The molecule has 22 heavy (non-hydrogen) atoms. The zero-order valence-electron chi connectivity index (χ0n) is 12.4. The minimum Gasteiger partial charge on any atom is -0.492 e. The summed E-state index contributed by atoms with van der Waals surface area (Å²) in [6.07, 6.45) is 1.64. The third-order valence-corrected chi connectivity index (χ3v) is 4.16. The number of rotatable bonds is 3. The van der Waals surface area contributed by atoms with Crippen LogP contribution in [0.15, 0.2) is 42.5 Å². The summed E-state index contributed by atoms with van der Waals surface area (Å²) in [6, 6.07) is 13.5. The lowest BCUT2D eigenvalue weighted by Gasteiger charge is -2.24. The molecule has 0 unspecified atom stereocenters. The van der Waals surface area contributed by atoms with E-state index in [0.29, 0.717) is 18.1 Å². The van der Waals surface area contributed by atoms with E-state index in [1.54, 1.807) is 6.07 Å². The van der Waals surface area contributed by atoms with Crippen molar-refractivity contribution in [1.29, 1.82) is 0 Å². The first-order valence-corrected chi connectivity index (χ1v) is 7.84. The first-order valence-electron chi connectivity index (χ1n) is 7.46. The number of hydrogen-bond donors (Lipinski definition) is 1. The molecule has 3 rings (SSSR count). The summed E-state index contributed by atoms with van der Waals surface area (Å²) < 4.78 is 5.67. The number of fused-ring (bicyclic) bond motifs is 1. The quantitative estimate of drug-likeness (QED) is 0.926. The Kier molecular flexibility index (Phi) is 4.34. The van der Waals surface area contributed by atoms with Gasteiger partial charge in [0.2, 0.25) is 5.91 Å². The van der Waals surface area contributed by atoms with Crippen LogP contribution in [-0.2, 0) is 17.6 Å². The van der Waals surface area contributed by atoms with Gasteiger partial charge in [0.1, 0.15) is 12.4 Å². The highest BCUT2D eigenvalue weighted by atomic mass is 35.5. The van der Waals surface area contributed by atoms with E-state index in [0.717, 1.165) is 23.4 Å². The molecular formula is C18H18ClNO2. The largest absolute Gasteiger partial charge is 0.492 e. The molecule has 1 amide bonds. The predicted molar refractivity (Wildman–Crippen MR) is 88.6 cm³/mol. The standard InChI is InChI=1S/C18H18ClNO2/c1-2-12-3-6-16(7-4-12)20-18(21)14-9-13-10-15(19)5-8-17(13)22-11-14/h3-8,10,14H,2,9,11H2,1H3,(H,20,21)/t14-/m1/s1. The molecule has 1 aliphatic rings. The fourth-order valence-corrected chi connectivity index (χ4v) is 2.79. The van der Waals surface area contributed by atoms with Crippen molar-refractivity contribution in [3.63, 3.8) is 0 Å². The van der Waals surface area contributed by atoms with Gasteiger partial charge in [-0.25, -0.2) is 0 Å². The maximum atomic E-state index is 12.4. The van der Waals surface area contributed by atoms with Crippen molar-refractivity contribution < 1.29 is 9.53 Å². The van der Waals surface area contributed by atoms with E-state index in [1.807, 2.05) is 36.4 Å². The van der Waals surface area contributed by atoms with Gasteiger partial charge in [-0.15, -0.1) is 0 Å². The van der Waals surface area contributed by atoms with Gasteiger partial charge in [-0.1, -0.05) is 30.7 Å². The van der Waals surface area contributed by atoms with E-state index in [2.05, 4.69) is 12.2 Å². The lowest BCUT2D eigenvalue weighted by Crippen LogP contribution is -2.32. The number of amides is 1. The van der Waals surface area contributed by atoms with Crippen LogP contribution in [0, 0.1) is 5.92 Å². The second-order valence-electron chi connectivity index (χ2n) is 5.50. The zero-order valence-corrected chi connectivity index (χ0v) is 13.2. The first kappa shape index (κ1) is 14.9. The molecule has 1 atom stereocenters. The second kappa shape index (κ2) is 6.41. The Morgan fingerprint density at radius 2 is 2.05 bits per heavy atom. The number of hydrogen-bond acceptors (Lipinski definition) is 2. The van der Waals surface area contributed by atoms with Crippen molar-refractivity contribution in [2.24, 2.45) is 5.92 Å². The topological polar surface area (TPSA) is 38.3 Å². The average Bonchev–Trinajstić information content (AvgIpc) is 2.54. The molecule has 4 heteroatoms. The van der Waals surface area contributed by atoms with Gasteiger partial charge in [-0.2, -0.15) is 0 Å². The maximum absolute atomic E-state index is 12.4. The van der Waals surface area contributed by atoms with Crippen LogP contribution in [-0.4, -0.2) is 12.5 Å². The van der Waals surface area contributed by atoms with E-state index >= 15 is 0 Å². The van der Waals surface area contributed by atoms with Crippen molar-refractivity contribution >= 4 is 23.2 Å². The number of carbonyl (C=O) groups is 1. The summed E-state index contributed by atoms with van der Waals surface area (Å²) in [7, 11) is 0. The minimum absolute atomic E-state index is 0.0186. The van der Waals surface area contributed by atoms with Crippen LogP contribution in [0.25, 0.3) is 0 Å². The highest BCUT2D eigenvalue weighted by Crippen LogP contribution is 2.30. The van der Waals surface area contributed by atoms with E-state index in [9.17, 15) is 4.79 Å². The van der Waals surface area contributed by atoms with Crippen molar-refractivity contribution in [1.82, 2.24) is 0 Å². The Labute approximate surface area is 135 Å². The van der Waals surface area contributed by atoms with Gasteiger partial charge in [0.05, 0.1) is 5.92 Å². The maximum Gasteiger partial charge on any atom is 0.231 e. The molecule has 114 valence electrons. The number of ether oxygens (including phenoxy) is 1. The Morgan fingerprint density at radius 1 is 1.27 bits per heavy atom. The highest BCUT2D eigenvalue weighted by molar-refractivity contribution is 6.30. The van der Waals surface area contributed by atoms with Crippen molar-refractivity contribution in [2.75, 3.05) is 11.9 Å². The molecule has 2 aromatic rings. The Balaban J connectivity index is 1.68. The SMILES string of the molecule is CCc1ccc(NC(=O)[C@H]2COc3ccc(Cl)cc3C2)cc1. The molecule has 3 nitrogen and oxygen atoms in total. The van der Waals surface area contributed by atoms with Crippen molar-refractivity contribution in [3.8, 4) is 5.75 Å². The van der Waals surface area contributed by atoms with Gasteiger partial charge in [-0.05, 0) is 54.3 Å². The third-order valence-electron chi connectivity index (χ3n) is 3.93. The molecule has 2 aromatic carbocycles. The lowest BCUT2D eigenvalue weighted by atomic mass is 9.96. The molecule has 0 spiro atoms. The molecule has 0 fully saturated rings. The van der Waals surface area contributed by atoms with Crippen molar-refractivity contribution in [2.45, 2.75) is 19.8 Å². The predicted octanol–water partition coefficient (Wildman–Crippen LogP) is 4.09. The normalized spacial score (nSPS) is 16.5. The fraction of sp³-hybridized carbons (Fsp3) is 0.278. The van der Waals surface area contributed by atoms with Crippen LogP contribution in [0.5, 0.6) is 5.75 Å². The number of halogens is 1. The van der Waals surface area contributed by atoms with Crippen LogP contribution in [0.1, 0.15) is 18.1 Å². The molecule has 0 aromatic heterocycles. The molecule has 1 N–H and O–H groups in total. The Bertz CT molecular complexity index is 682. The first-order chi connectivity index (χ1) is 10.7. The monoisotopic (exact) mass is 315 g/mol. The molecule has 0 saturated carbocycles. The molecule has 1 heterocycles. The molecule has 0 aliphatic carbocycles. The van der Waals surface area contributed by atoms with E-state index in [-0.39, 0.29) is 11.8 Å². The molecule has 0 bridgehead atoms. The van der Waals surface area contributed by atoms with Crippen LogP contribution in [0.4, 0.5) is 5.69 Å². The molecule has 0 saturated heterocycles. The van der Waals surface area contributed by atoms with E-state index < -0.39 is 0 Å². The van der Waals surface area contributed by atoms with Gasteiger partial charge < -0.3 is 10.1 Å². The van der Waals surface area contributed by atoms with Gasteiger partial charge in [0.15, 0.2) is 0 Å². The summed E-state index contributed by atoms with van der Waals surface area (Å²) >= 11 is 6.01. The number of benzene rings is 2. The van der Waals surface area contributed by atoms with Gasteiger partial charge in [0, 0.05) is 10.7 Å². The highest BCUT2D eigenvalue weighted by Gasteiger charge is 2.26. The Morgan fingerprint density at radius 3 is 2.77 bits per heavy atom. The fourth-order valence-electron chi connectivity index (χ4n) is 2.60. The third kappa shape index (κ3) is 3.25. The lowest BCUT2D eigenvalue weighted by molar-refractivity contribution is -0.121. The smallest absolute Gasteiger partial charge is 0.231 e. The van der Waals surface area contributed by atoms with Gasteiger partial charge >= 0.3 is 0 Å². The van der Waals surface area contributed by atoms with Gasteiger partial charge in [-0.3, -0.25) is 4.79 Å². The zero-order chi connectivity index (χ0) is 15.5. The number of aryl methyl sites for hydroxylation is 1. The summed E-state index contributed by atoms with van der Waals surface area (Å²) in [6.45, 7) is 2.50. The van der Waals surface area contributed by atoms with Crippen LogP contribution in [0.3, 0.4) is 0 Å². The number of anilines is 1. The summed E-state index contributed by atoms with van der Waals surface area (Å²) in [4.78, 5) is 12.4. The minimum atomic E-state index is -0.197. The molecular weight excluding hydrogens is 298 g/mol. The van der Waals surface area contributed by atoms with Crippen LogP contribution < -0.4 is 10.1 Å². The van der Waals surface area contributed by atoms with E-state index in [1.165, 1.54) is 5.56 Å². The number of nitrogens with one attached hydrogen (secondary N) is 1. The summed E-state index contributed by atoms with van der Waals surface area (Å²) in [5, 5.41) is 3.62. The molecule has 0 radical (unpaired) electrons. The molecule has 1 aliphatic heterocycles.